The van der Waals surface area contributed by atoms with Gasteiger partial charge in [0.1, 0.15) is 0 Å². The van der Waals surface area contributed by atoms with E-state index in [4.69, 9.17) is 11.6 Å². The summed E-state index contributed by atoms with van der Waals surface area (Å²) >= 11 is 6.18. The summed E-state index contributed by atoms with van der Waals surface area (Å²) in [6, 6.07) is 26.7. The molecule has 0 saturated carbocycles. The van der Waals surface area contributed by atoms with Crippen LogP contribution in [-0.4, -0.2) is 10.8 Å². The van der Waals surface area contributed by atoms with Gasteiger partial charge in [0.15, 0.2) is 0 Å². The van der Waals surface area contributed by atoms with Crippen LogP contribution in [0.25, 0.3) is 10.9 Å². The van der Waals surface area contributed by atoms with Gasteiger partial charge in [-0.3, -0.25) is 0 Å². The van der Waals surface area contributed by atoms with Gasteiger partial charge in [-0.2, -0.15) is 5.10 Å². The minimum Gasteiger partial charge on any atom is -0.342 e. The Morgan fingerprint density at radius 3 is 2.48 bits per heavy atom. The normalized spacial score (nSPS) is 11.3. The Bertz CT molecular complexity index is 1070. The minimum absolute atomic E-state index is 0.596. The summed E-state index contributed by atoms with van der Waals surface area (Å²) in [6.45, 7) is 1.43. The first-order valence-electron chi connectivity index (χ1n) is 8.92. The number of rotatable bonds is 6. The van der Waals surface area contributed by atoms with E-state index < -0.39 is 0 Å². The van der Waals surface area contributed by atoms with Gasteiger partial charge in [-0.15, -0.1) is 0 Å². The topological polar surface area (TPSA) is 29.3 Å². The fourth-order valence-corrected chi connectivity index (χ4v) is 3.38. The van der Waals surface area contributed by atoms with E-state index in [2.05, 4.69) is 69.8 Å². The van der Waals surface area contributed by atoms with Crippen LogP contribution in [-0.2, 0) is 13.1 Å². The standard InChI is InChI=1S/C23H20ClN3/c24-22-12-6-4-10-19(22)14-25-26-15-20-17-27(16-18-8-2-1-3-9-18)23-13-7-5-11-21(20)23/h1-13,15,17,25H,14,16H2/b26-15-. The first-order chi connectivity index (χ1) is 13.3. The van der Waals surface area contributed by atoms with Gasteiger partial charge in [-0.05, 0) is 23.3 Å². The van der Waals surface area contributed by atoms with Crippen molar-refractivity contribution in [2.24, 2.45) is 5.10 Å². The van der Waals surface area contributed by atoms with Crippen molar-refractivity contribution in [1.82, 2.24) is 9.99 Å². The lowest BCUT2D eigenvalue weighted by Crippen LogP contribution is -2.05. The summed E-state index contributed by atoms with van der Waals surface area (Å²) in [5.74, 6) is 0. The second kappa shape index (κ2) is 8.11. The van der Waals surface area contributed by atoms with E-state index in [1.54, 1.807) is 0 Å². The maximum absolute atomic E-state index is 6.18. The maximum Gasteiger partial charge on any atom is 0.0594 e. The van der Waals surface area contributed by atoms with Crippen LogP contribution in [0, 0.1) is 0 Å². The third-order valence-electron chi connectivity index (χ3n) is 4.54. The summed E-state index contributed by atoms with van der Waals surface area (Å²) in [6.07, 6.45) is 4.03. The Morgan fingerprint density at radius 2 is 1.63 bits per heavy atom. The molecule has 0 aliphatic carbocycles. The van der Waals surface area contributed by atoms with Gasteiger partial charge in [0.05, 0.1) is 12.8 Å². The number of nitrogens with zero attached hydrogens (tertiary/aromatic N) is 2. The van der Waals surface area contributed by atoms with Crippen LogP contribution in [0.4, 0.5) is 0 Å². The van der Waals surface area contributed by atoms with Crippen LogP contribution in [0.5, 0.6) is 0 Å². The highest BCUT2D eigenvalue weighted by molar-refractivity contribution is 6.31. The summed E-state index contributed by atoms with van der Waals surface area (Å²) in [5.41, 5.74) is 7.69. The SMILES string of the molecule is Clc1ccccc1CN/N=C\c1cn(Cc2ccccc2)c2ccccc12. The van der Waals surface area contributed by atoms with Crippen molar-refractivity contribution in [3.05, 3.63) is 107 Å². The number of fused-ring (bicyclic) bond motifs is 1. The number of hydrogen-bond acceptors (Lipinski definition) is 2. The molecule has 1 heterocycles. The molecular formula is C23H20ClN3. The van der Waals surface area contributed by atoms with E-state index in [1.165, 1.54) is 16.5 Å². The predicted octanol–water partition coefficient (Wildman–Crippen LogP) is 5.47. The molecule has 0 bridgehead atoms. The summed E-state index contributed by atoms with van der Waals surface area (Å²) < 4.78 is 2.26. The fraction of sp³-hybridized carbons (Fsp3) is 0.0870. The summed E-state index contributed by atoms with van der Waals surface area (Å²) in [5, 5.41) is 6.34. The Morgan fingerprint density at radius 1 is 0.889 bits per heavy atom. The summed E-state index contributed by atoms with van der Waals surface area (Å²) in [7, 11) is 0. The van der Waals surface area contributed by atoms with E-state index in [0.29, 0.717) is 6.54 Å². The molecule has 4 aromatic rings. The fourth-order valence-electron chi connectivity index (χ4n) is 3.18. The molecule has 0 fully saturated rings. The molecule has 0 unspecified atom stereocenters. The van der Waals surface area contributed by atoms with E-state index in [9.17, 15) is 0 Å². The van der Waals surface area contributed by atoms with Crippen molar-refractivity contribution in [1.29, 1.82) is 0 Å². The van der Waals surface area contributed by atoms with Crippen LogP contribution in [0.2, 0.25) is 5.02 Å². The van der Waals surface area contributed by atoms with Crippen LogP contribution < -0.4 is 5.43 Å². The zero-order valence-electron chi connectivity index (χ0n) is 14.8. The van der Waals surface area contributed by atoms with Gasteiger partial charge in [0.25, 0.3) is 0 Å². The highest BCUT2D eigenvalue weighted by Crippen LogP contribution is 2.21. The molecule has 134 valence electrons. The van der Waals surface area contributed by atoms with Crippen molar-refractivity contribution in [2.45, 2.75) is 13.1 Å². The molecule has 0 atom stereocenters. The number of para-hydroxylation sites is 1. The maximum atomic E-state index is 6.18. The highest BCUT2D eigenvalue weighted by Gasteiger charge is 2.07. The number of halogens is 1. The molecule has 3 aromatic carbocycles. The largest absolute Gasteiger partial charge is 0.342 e. The first-order valence-corrected chi connectivity index (χ1v) is 9.30. The van der Waals surface area contributed by atoms with Gasteiger partial charge < -0.3 is 9.99 Å². The molecule has 3 nitrogen and oxygen atoms in total. The van der Waals surface area contributed by atoms with E-state index in [0.717, 1.165) is 22.7 Å². The molecule has 0 aliphatic rings. The Kier molecular flexibility index (Phi) is 5.22. The molecule has 0 radical (unpaired) electrons. The quantitative estimate of drug-likeness (QED) is 0.352. The number of hydrazone groups is 1. The molecule has 0 aliphatic heterocycles. The number of nitrogens with one attached hydrogen (secondary N) is 1. The molecule has 0 amide bonds. The first kappa shape index (κ1) is 17.4. The number of hydrogen-bond donors (Lipinski definition) is 1. The van der Waals surface area contributed by atoms with Gasteiger partial charge in [-0.1, -0.05) is 78.3 Å². The molecule has 27 heavy (non-hydrogen) atoms. The summed E-state index contributed by atoms with van der Waals surface area (Å²) in [4.78, 5) is 0. The van der Waals surface area contributed by atoms with Crippen molar-refractivity contribution < 1.29 is 0 Å². The Labute approximate surface area is 163 Å². The van der Waals surface area contributed by atoms with Gasteiger partial charge in [0.2, 0.25) is 0 Å². The zero-order chi connectivity index (χ0) is 18.5. The van der Waals surface area contributed by atoms with Gasteiger partial charge in [0, 0.05) is 34.2 Å². The van der Waals surface area contributed by atoms with Crippen molar-refractivity contribution in [2.75, 3.05) is 0 Å². The van der Waals surface area contributed by atoms with Crippen molar-refractivity contribution >= 4 is 28.7 Å². The highest BCUT2D eigenvalue weighted by atomic mass is 35.5. The van der Waals surface area contributed by atoms with Crippen LogP contribution in [0.1, 0.15) is 16.7 Å². The van der Waals surface area contributed by atoms with Gasteiger partial charge >= 0.3 is 0 Å². The number of benzene rings is 3. The third-order valence-corrected chi connectivity index (χ3v) is 4.91. The van der Waals surface area contributed by atoms with E-state index >= 15 is 0 Å². The van der Waals surface area contributed by atoms with Gasteiger partial charge in [-0.25, -0.2) is 0 Å². The van der Waals surface area contributed by atoms with Crippen LogP contribution >= 0.6 is 11.6 Å². The molecule has 4 heteroatoms. The molecule has 1 N–H and O–H groups in total. The third kappa shape index (κ3) is 4.04. The molecule has 4 rings (SSSR count). The smallest absolute Gasteiger partial charge is 0.0594 e. The predicted molar refractivity (Wildman–Crippen MR) is 113 cm³/mol. The monoisotopic (exact) mass is 373 g/mol. The average Bonchev–Trinajstić information content (AvgIpc) is 3.05. The van der Waals surface area contributed by atoms with E-state index in [-0.39, 0.29) is 0 Å². The second-order valence-electron chi connectivity index (χ2n) is 6.40. The lowest BCUT2D eigenvalue weighted by Gasteiger charge is -2.05. The lowest BCUT2D eigenvalue weighted by atomic mass is 10.2. The lowest BCUT2D eigenvalue weighted by molar-refractivity contribution is 0.748. The van der Waals surface area contributed by atoms with Crippen LogP contribution in [0.3, 0.4) is 0 Å². The number of aromatic nitrogens is 1. The Hall–Kier alpha value is -3.04. The molecule has 1 aromatic heterocycles. The average molecular weight is 374 g/mol. The van der Waals surface area contributed by atoms with Crippen molar-refractivity contribution in [3.63, 3.8) is 0 Å². The zero-order valence-corrected chi connectivity index (χ0v) is 15.6. The molecular weight excluding hydrogens is 354 g/mol. The van der Waals surface area contributed by atoms with Crippen LogP contribution in [0.15, 0.2) is 90.2 Å². The van der Waals surface area contributed by atoms with E-state index in [1.807, 2.05) is 36.5 Å². The second-order valence-corrected chi connectivity index (χ2v) is 6.81. The minimum atomic E-state index is 0.596. The molecule has 0 saturated heterocycles. The molecule has 0 spiro atoms. The van der Waals surface area contributed by atoms with Crippen molar-refractivity contribution in [3.8, 4) is 0 Å². The Balaban J connectivity index is 1.54.